The smallest absolute Gasteiger partial charge is 0.251 e. The maximum Gasteiger partial charge on any atom is 0.251 e. The van der Waals surface area contributed by atoms with E-state index in [0.717, 1.165) is 37.5 Å². The van der Waals surface area contributed by atoms with Crippen LogP contribution in [0.4, 0.5) is 11.4 Å². The maximum atomic E-state index is 12.5. The third-order valence-electron chi connectivity index (χ3n) is 7.24. The van der Waals surface area contributed by atoms with Gasteiger partial charge < -0.3 is 10.6 Å². The van der Waals surface area contributed by atoms with E-state index in [1.807, 2.05) is 0 Å². The van der Waals surface area contributed by atoms with Gasteiger partial charge in [-0.25, -0.2) is 0 Å². The lowest BCUT2D eigenvalue weighted by atomic mass is 9.87. The molecular weight excluding hydrogens is 424 g/mol. The van der Waals surface area contributed by atoms with Crippen molar-refractivity contribution in [2.45, 2.75) is 77.3 Å². The lowest BCUT2D eigenvalue weighted by Gasteiger charge is -2.26. The van der Waals surface area contributed by atoms with Gasteiger partial charge in [0.05, 0.1) is 11.4 Å². The highest BCUT2D eigenvalue weighted by Gasteiger charge is 2.21. The van der Waals surface area contributed by atoms with Crippen molar-refractivity contribution in [3.8, 4) is 0 Å². The highest BCUT2D eigenvalue weighted by Crippen LogP contribution is 2.25. The summed E-state index contributed by atoms with van der Waals surface area (Å²) >= 11 is 0. The van der Waals surface area contributed by atoms with Gasteiger partial charge in [-0.05, 0) is 112 Å². The minimum absolute atomic E-state index is 0.0281. The summed E-state index contributed by atoms with van der Waals surface area (Å²) < 4.78 is 0. The number of nitrogens with zero attached hydrogens (tertiary/aromatic N) is 2. The van der Waals surface area contributed by atoms with Crippen molar-refractivity contribution >= 4 is 23.2 Å². The Bertz CT molecular complexity index is 903. The van der Waals surface area contributed by atoms with Crippen molar-refractivity contribution in [1.29, 1.82) is 0 Å². The predicted molar refractivity (Wildman–Crippen MR) is 135 cm³/mol. The van der Waals surface area contributed by atoms with Crippen LogP contribution in [0.25, 0.3) is 0 Å². The molecule has 2 aliphatic rings. The molecule has 2 amide bonds. The summed E-state index contributed by atoms with van der Waals surface area (Å²) in [5, 5.41) is 14.8. The van der Waals surface area contributed by atoms with Gasteiger partial charge in [0.15, 0.2) is 0 Å². The maximum absolute atomic E-state index is 12.5. The van der Waals surface area contributed by atoms with Gasteiger partial charge in [-0.15, -0.1) is 0 Å². The van der Waals surface area contributed by atoms with Gasteiger partial charge in [0, 0.05) is 23.2 Å². The summed E-state index contributed by atoms with van der Waals surface area (Å²) in [7, 11) is 0. The average molecular weight is 461 g/mol. The van der Waals surface area contributed by atoms with Crippen LogP contribution in [-0.2, 0) is 0 Å². The summed E-state index contributed by atoms with van der Waals surface area (Å²) in [6.07, 6.45) is 8.93. The summed E-state index contributed by atoms with van der Waals surface area (Å²) in [6, 6.07) is 14.9. The molecule has 0 bridgehead atoms. The number of nitrogens with one attached hydrogen (secondary N) is 2. The van der Waals surface area contributed by atoms with Gasteiger partial charge in [0.25, 0.3) is 11.8 Å². The number of amides is 2. The Balaban J connectivity index is 1.27. The molecule has 0 unspecified atom stereocenters. The molecule has 0 heterocycles. The van der Waals surface area contributed by atoms with Crippen LogP contribution in [0.1, 0.15) is 85.9 Å². The summed E-state index contributed by atoms with van der Waals surface area (Å²) in [6.45, 7) is 4.55. The predicted octanol–water partition coefficient (Wildman–Crippen LogP) is 6.72. The van der Waals surface area contributed by atoms with E-state index in [-0.39, 0.29) is 23.9 Å². The highest BCUT2D eigenvalue weighted by atomic mass is 16.2. The van der Waals surface area contributed by atoms with E-state index < -0.39 is 0 Å². The Morgan fingerprint density at radius 1 is 0.588 bits per heavy atom. The van der Waals surface area contributed by atoms with E-state index in [4.69, 9.17) is 0 Å². The Kier molecular flexibility index (Phi) is 8.09. The molecule has 0 atom stereocenters. The molecule has 0 aliphatic heterocycles. The lowest BCUT2D eigenvalue weighted by Crippen LogP contribution is -2.37. The van der Waals surface area contributed by atoms with E-state index in [1.165, 1.54) is 25.7 Å². The molecule has 2 fully saturated rings. The fourth-order valence-electron chi connectivity index (χ4n) is 4.82. The Labute approximate surface area is 202 Å². The van der Waals surface area contributed by atoms with Crippen molar-refractivity contribution in [1.82, 2.24) is 10.6 Å². The molecule has 2 N–H and O–H groups in total. The van der Waals surface area contributed by atoms with Crippen molar-refractivity contribution < 1.29 is 9.59 Å². The van der Waals surface area contributed by atoms with Gasteiger partial charge in [-0.2, -0.15) is 10.2 Å². The zero-order valence-electron chi connectivity index (χ0n) is 20.3. The highest BCUT2D eigenvalue weighted by molar-refractivity contribution is 5.95. The molecule has 0 saturated heterocycles. The van der Waals surface area contributed by atoms with Gasteiger partial charge in [-0.3, -0.25) is 9.59 Å². The average Bonchev–Trinajstić information content (AvgIpc) is 2.86. The van der Waals surface area contributed by atoms with E-state index in [2.05, 4.69) is 34.7 Å². The molecule has 6 nitrogen and oxygen atoms in total. The summed E-state index contributed by atoms with van der Waals surface area (Å²) in [4.78, 5) is 25.0. The molecule has 0 radical (unpaired) electrons. The van der Waals surface area contributed by atoms with Gasteiger partial charge in [-0.1, -0.05) is 13.8 Å². The van der Waals surface area contributed by atoms with Crippen LogP contribution >= 0.6 is 0 Å². The molecular formula is C28H36N4O2. The quantitative estimate of drug-likeness (QED) is 0.469. The van der Waals surface area contributed by atoms with Crippen LogP contribution < -0.4 is 10.6 Å². The molecule has 34 heavy (non-hydrogen) atoms. The van der Waals surface area contributed by atoms with Crippen LogP contribution in [0.15, 0.2) is 58.8 Å². The second kappa shape index (κ2) is 11.4. The fraction of sp³-hybridized carbons (Fsp3) is 0.500. The number of rotatable bonds is 6. The van der Waals surface area contributed by atoms with Crippen molar-refractivity contribution in [3.63, 3.8) is 0 Å². The van der Waals surface area contributed by atoms with Gasteiger partial charge in [0.1, 0.15) is 0 Å². The lowest BCUT2D eigenvalue weighted by molar-refractivity contribution is 0.0914. The fourth-order valence-corrected chi connectivity index (χ4v) is 4.82. The molecule has 2 aliphatic carbocycles. The molecule has 4 rings (SSSR count). The number of carbonyl (C=O) groups is 2. The third-order valence-corrected chi connectivity index (χ3v) is 7.24. The zero-order chi connectivity index (χ0) is 23.9. The molecule has 6 heteroatoms. The first-order chi connectivity index (χ1) is 16.5. The van der Waals surface area contributed by atoms with Crippen molar-refractivity contribution in [2.24, 2.45) is 22.1 Å². The van der Waals surface area contributed by atoms with E-state index in [1.54, 1.807) is 48.5 Å². The van der Waals surface area contributed by atoms with Crippen LogP contribution in [0.5, 0.6) is 0 Å². The minimum Gasteiger partial charge on any atom is -0.349 e. The zero-order valence-corrected chi connectivity index (χ0v) is 20.3. The normalized spacial score (nSPS) is 25.1. The number of hydrogen-bond acceptors (Lipinski definition) is 4. The molecule has 2 aromatic rings. The Morgan fingerprint density at radius 3 is 1.24 bits per heavy atom. The van der Waals surface area contributed by atoms with E-state index >= 15 is 0 Å². The van der Waals surface area contributed by atoms with E-state index in [9.17, 15) is 9.59 Å². The Hall–Kier alpha value is -3.02. The number of azo groups is 1. The van der Waals surface area contributed by atoms with E-state index in [0.29, 0.717) is 22.5 Å². The van der Waals surface area contributed by atoms with Gasteiger partial charge in [0.2, 0.25) is 0 Å². The first-order valence-corrected chi connectivity index (χ1v) is 12.7. The third kappa shape index (κ3) is 6.75. The number of benzene rings is 2. The number of hydrogen-bond donors (Lipinski definition) is 2. The minimum atomic E-state index is -0.0281. The molecule has 0 aromatic heterocycles. The first kappa shape index (κ1) is 24.1. The molecule has 180 valence electrons. The second-order valence-corrected chi connectivity index (χ2v) is 10.2. The SMILES string of the molecule is CC1CCC(NC(=O)c2ccc(N=Nc3ccc(C(=O)NC4CCC(C)CC4)cc3)cc2)CC1. The second-order valence-electron chi connectivity index (χ2n) is 10.2. The van der Waals surface area contributed by atoms with Crippen LogP contribution in [-0.4, -0.2) is 23.9 Å². The van der Waals surface area contributed by atoms with Crippen LogP contribution in [0.2, 0.25) is 0 Å². The van der Waals surface area contributed by atoms with Crippen LogP contribution in [0.3, 0.4) is 0 Å². The Morgan fingerprint density at radius 2 is 0.912 bits per heavy atom. The summed E-state index contributed by atoms with van der Waals surface area (Å²) in [5.74, 6) is 1.47. The van der Waals surface area contributed by atoms with Crippen LogP contribution in [0, 0.1) is 11.8 Å². The molecule has 2 aromatic carbocycles. The van der Waals surface area contributed by atoms with Crippen molar-refractivity contribution in [2.75, 3.05) is 0 Å². The summed E-state index contributed by atoms with van der Waals surface area (Å²) in [5.41, 5.74) is 2.63. The largest absolute Gasteiger partial charge is 0.349 e. The monoisotopic (exact) mass is 460 g/mol. The van der Waals surface area contributed by atoms with Crippen molar-refractivity contribution in [3.05, 3.63) is 59.7 Å². The molecule has 2 saturated carbocycles. The molecule has 0 spiro atoms. The topological polar surface area (TPSA) is 82.9 Å². The van der Waals surface area contributed by atoms with Gasteiger partial charge >= 0.3 is 0 Å². The number of carbonyl (C=O) groups excluding carboxylic acids is 2. The standard InChI is InChI=1S/C28H36N4O2/c1-19-3-11-23(12-4-19)29-27(33)21-7-15-25(16-8-21)31-32-26-17-9-22(10-18-26)28(34)30-24-13-5-20(2)6-14-24/h7-10,15-20,23-24H,3-6,11-14H2,1-2H3,(H,29,33)(H,30,34). The first-order valence-electron chi connectivity index (χ1n) is 12.7.